The molecule has 2 heterocycles. The van der Waals surface area contributed by atoms with E-state index in [0.717, 1.165) is 32.4 Å². The Bertz CT molecular complexity index is 393. The third-order valence-corrected chi connectivity index (χ3v) is 4.61. The van der Waals surface area contributed by atoms with Gasteiger partial charge in [-0.15, -0.1) is 11.8 Å². The van der Waals surface area contributed by atoms with Crippen LogP contribution in [0.4, 0.5) is 0 Å². The molecule has 0 radical (unpaired) electrons. The molecule has 3 heteroatoms. The highest BCUT2D eigenvalue weighted by Crippen LogP contribution is 2.37. The predicted octanol–water partition coefficient (Wildman–Crippen LogP) is 2.33. The average molecular weight is 233 g/mol. The van der Waals surface area contributed by atoms with Crippen LogP contribution < -0.4 is 0 Å². The molecule has 1 aromatic rings. The van der Waals surface area contributed by atoms with E-state index in [2.05, 4.69) is 24.3 Å². The zero-order valence-electron chi connectivity index (χ0n) is 9.19. The van der Waals surface area contributed by atoms with Crippen LogP contribution in [0.1, 0.15) is 18.4 Å². The Hall–Kier alpha value is -0.960. The van der Waals surface area contributed by atoms with Crippen molar-refractivity contribution in [2.45, 2.75) is 29.4 Å². The van der Waals surface area contributed by atoms with Crippen molar-refractivity contribution in [1.82, 2.24) is 4.90 Å². The Morgan fingerprint density at radius 3 is 3.00 bits per heavy atom. The number of thioether (sulfide) groups is 1. The molecule has 1 fully saturated rings. The Morgan fingerprint density at radius 1 is 1.38 bits per heavy atom. The minimum Gasteiger partial charge on any atom is -0.342 e. The summed E-state index contributed by atoms with van der Waals surface area (Å²) in [6.45, 7) is 1.89. The molecule has 2 nitrogen and oxygen atoms in total. The quantitative estimate of drug-likeness (QED) is 0.781. The highest BCUT2D eigenvalue weighted by atomic mass is 32.2. The van der Waals surface area contributed by atoms with Gasteiger partial charge in [0, 0.05) is 29.7 Å². The number of rotatable bonds is 2. The number of hydrogen-bond donors (Lipinski definition) is 0. The van der Waals surface area contributed by atoms with Gasteiger partial charge in [-0.2, -0.15) is 0 Å². The van der Waals surface area contributed by atoms with Gasteiger partial charge in [-0.3, -0.25) is 4.79 Å². The van der Waals surface area contributed by atoms with Gasteiger partial charge in [0.15, 0.2) is 0 Å². The lowest BCUT2D eigenvalue weighted by molar-refractivity contribution is -0.127. The lowest BCUT2D eigenvalue weighted by Gasteiger charge is -2.19. The van der Waals surface area contributed by atoms with Gasteiger partial charge in [-0.05, 0) is 24.5 Å². The SMILES string of the molecule is O=C1CCCN1CC1Cc2ccccc2S1. The van der Waals surface area contributed by atoms with Crippen molar-refractivity contribution in [2.24, 2.45) is 0 Å². The van der Waals surface area contributed by atoms with E-state index in [1.54, 1.807) is 0 Å². The second-order valence-corrected chi connectivity index (χ2v) is 5.84. The summed E-state index contributed by atoms with van der Waals surface area (Å²) in [5.74, 6) is 0.344. The van der Waals surface area contributed by atoms with Crippen LogP contribution in [0.2, 0.25) is 0 Å². The van der Waals surface area contributed by atoms with E-state index in [1.807, 2.05) is 16.7 Å². The molecule has 0 aliphatic carbocycles. The van der Waals surface area contributed by atoms with Crippen LogP contribution in [0.5, 0.6) is 0 Å². The molecule has 1 amide bonds. The molecule has 1 unspecified atom stereocenters. The lowest BCUT2D eigenvalue weighted by Crippen LogP contribution is -2.31. The smallest absolute Gasteiger partial charge is 0.222 e. The van der Waals surface area contributed by atoms with Gasteiger partial charge in [0.25, 0.3) is 0 Å². The minimum atomic E-state index is 0.344. The Labute approximate surface area is 100 Å². The fourth-order valence-electron chi connectivity index (χ4n) is 2.50. The Kier molecular flexibility index (Phi) is 2.64. The highest BCUT2D eigenvalue weighted by molar-refractivity contribution is 8.00. The summed E-state index contributed by atoms with van der Waals surface area (Å²) < 4.78 is 0. The van der Waals surface area contributed by atoms with Gasteiger partial charge in [0.2, 0.25) is 5.91 Å². The van der Waals surface area contributed by atoms with Crippen molar-refractivity contribution in [3.63, 3.8) is 0 Å². The molecular formula is C13H15NOS. The van der Waals surface area contributed by atoms with Gasteiger partial charge in [-0.1, -0.05) is 18.2 Å². The maximum atomic E-state index is 11.6. The van der Waals surface area contributed by atoms with Gasteiger partial charge >= 0.3 is 0 Å². The Morgan fingerprint density at radius 2 is 2.25 bits per heavy atom. The summed E-state index contributed by atoms with van der Waals surface area (Å²) in [7, 11) is 0. The summed E-state index contributed by atoms with van der Waals surface area (Å²) >= 11 is 1.93. The first-order valence-corrected chi connectivity index (χ1v) is 6.73. The summed E-state index contributed by atoms with van der Waals surface area (Å²) in [5, 5.41) is 0.569. The molecule has 84 valence electrons. The molecule has 1 aromatic carbocycles. The number of amides is 1. The third-order valence-electron chi connectivity index (χ3n) is 3.31. The zero-order chi connectivity index (χ0) is 11.0. The largest absolute Gasteiger partial charge is 0.342 e. The maximum Gasteiger partial charge on any atom is 0.222 e. The van der Waals surface area contributed by atoms with Gasteiger partial charge in [-0.25, -0.2) is 0 Å². The van der Waals surface area contributed by atoms with E-state index in [1.165, 1.54) is 10.5 Å². The number of carbonyl (C=O) groups excluding carboxylic acids is 1. The maximum absolute atomic E-state index is 11.6. The predicted molar refractivity (Wildman–Crippen MR) is 65.6 cm³/mol. The van der Waals surface area contributed by atoms with E-state index in [4.69, 9.17) is 0 Å². The number of hydrogen-bond acceptors (Lipinski definition) is 2. The zero-order valence-corrected chi connectivity index (χ0v) is 10.0. The first-order valence-electron chi connectivity index (χ1n) is 5.85. The number of fused-ring (bicyclic) bond motifs is 1. The van der Waals surface area contributed by atoms with Crippen molar-refractivity contribution in [3.05, 3.63) is 29.8 Å². The molecule has 1 saturated heterocycles. The Balaban J connectivity index is 1.66. The van der Waals surface area contributed by atoms with Crippen LogP contribution in [0.25, 0.3) is 0 Å². The summed E-state index contributed by atoms with van der Waals surface area (Å²) in [5.41, 5.74) is 1.45. The number of likely N-dealkylation sites (tertiary alicyclic amines) is 1. The molecule has 0 saturated carbocycles. The van der Waals surface area contributed by atoms with Crippen molar-refractivity contribution in [1.29, 1.82) is 0 Å². The minimum absolute atomic E-state index is 0.344. The summed E-state index contributed by atoms with van der Waals surface area (Å²) in [6.07, 6.45) is 2.91. The molecule has 16 heavy (non-hydrogen) atoms. The van der Waals surface area contributed by atoms with Crippen LogP contribution in [0.15, 0.2) is 29.2 Å². The molecule has 2 aliphatic rings. The topological polar surface area (TPSA) is 20.3 Å². The van der Waals surface area contributed by atoms with E-state index in [0.29, 0.717) is 11.2 Å². The van der Waals surface area contributed by atoms with Gasteiger partial charge in [0.1, 0.15) is 0 Å². The lowest BCUT2D eigenvalue weighted by atomic mass is 10.1. The monoisotopic (exact) mass is 233 g/mol. The number of benzene rings is 1. The second kappa shape index (κ2) is 4.13. The second-order valence-electron chi connectivity index (χ2n) is 4.50. The highest BCUT2D eigenvalue weighted by Gasteiger charge is 2.27. The number of nitrogens with zero attached hydrogens (tertiary/aromatic N) is 1. The van der Waals surface area contributed by atoms with E-state index < -0.39 is 0 Å². The van der Waals surface area contributed by atoms with Crippen molar-refractivity contribution < 1.29 is 4.79 Å². The van der Waals surface area contributed by atoms with E-state index in [-0.39, 0.29) is 0 Å². The van der Waals surface area contributed by atoms with Crippen LogP contribution in [-0.4, -0.2) is 29.1 Å². The van der Waals surface area contributed by atoms with Crippen LogP contribution in [0.3, 0.4) is 0 Å². The molecule has 0 aromatic heterocycles. The fourth-order valence-corrected chi connectivity index (χ4v) is 3.84. The average Bonchev–Trinajstić information content (AvgIpc) is 2.85. The molecule has 2 aliphatic heterocycles. The van der Waals surface area contributed by atoms with Crippen LogP contribution in [0, 0.1) is 0 Å². The molecule has 3 rings (SSSR count). The normalized spacial score (nSPS) is 23.9. The standard InChI is InChI=1S/C13H15NOS/c15-13-6-3-7-14(13)9-11-8-10-4-1-2-5-12(10)16-11/h1-2,4-5,11H,3,6-9H2. The summed E-state index contributed by atoms with van der Waals surface area (Å²) in [4.78, 5) is 15.0. The third kappa shape index (κ3) is 1.84. The van der Waals surface area contributed by atoms with E-state index in [9.17, 15) is 4.79 Å². The molecule has 0 bridgehead atoms. The van der Waals surface area contributed by atoms with E-state index >= 15 is 0 Å². The molecule has 0 N–H and O–H groups in total. The van der Waals surface area contributed by atoms with Gasteiger partial charge < -0.3 is 4.90 Å². The fraction of sp³-hybridized carbons (Fsp3) is 0.462. The van der Waals surface area contributed by atoms with Crippen LogP contribution >= 0.6 is 11.8 Å². The van der Waals surface area contributed by atoms with Gasteiger partial charge in [0.05, 0.1) is 0 Å². The number of carbonyl (C=O) groups is 1. The first-order chi connectivity index (χ1) is 7.83. The van der Waals surface area contributed by atoms with Crippen LogP contribution in [-0.2, 0) is 11.2 Å². The van der Waals surface area contributed by atoms with Crippen molar-refractivity contribution >= 4 is 17.7 Å². The first kappa shape index (κ1) is 10.2. The van der Waals surface area contributed by atoms with Crippen molar-refractivity contribution in [3.8, 4) is 0 Å². The molecule has 0 spiro atoms. The molecular weight excluding hydrogens is 218 g/mol. The van der Waals surface area contributed by atoms with Crippen molar-refractivity contribution in [2.75, 3.05) is 13.1 Å². The summed E-state index contributed by atoms with van der Waals surface area (Å²) in [6, 6.07) is 8.58. The molecule has 1 atom stereocenters.